The number of aryl methyl sites for hydroxylation is 1. The number of phenols is 1. The fourth-order valence-electron chi connectivity index (χ4n) is 3.49. The number of benzene rings is 1. The number of carbonyl (C=O) groups excluding carboxylic acids is 1. The van der Waals surface area contributed by atoms with E-state index in [0.29, 0.717) is 11.6 Å². The normalized spacial score (nSPS) is 29.5. The third-order valence-corrected chi connectivity index (χ3v) is 4.55. The maximum atomic E-state index is 12.2. The maximum absolute atomic E-state index is 12.2. The van der Waals surface area contributed by atoms with Crippen molar-refractivity contribution in [2.24, 2.45) is 17.8 Å². The molecule has 2 fully saturated rings. The topological polar surface area (TPSA) is 49.3 Å². The van der Waals surface area contributed by atoms with Gasteiger partial charge in [0.05, 0.1) is 0 Å². The molecule has 3 unspecified atom stereocenters. The molecule has 2 saturated carbocycles. The van der Waals surface area contributed by atoms with Gasteiger partial charge in [-0.25, -0.2) is 0 Å². The summed E-state index contributed by atoms with van der Waals surface area (Å²) in [6, 6.07) is 5.30. The molecular formula is C15H19NO2. The van der Waals surface area contributed by atoms with Crippen LogP contribution in [0.3, 0.4) is 0 Å². The molecule has 0 aliphatic heterocycles. The summed E-state index contributed by atoms with van der Waals surface area (Å²) in [4.78, 5) is 12.2. The van der Waals surface area contributed by atoms with Crippen molar-refractivity contribution in [1.82, 2.24) is 0 Å². The minimum absolute atomic E-state index is 0.130. The predicted molar refractivity (Wildman–Crippen MR) is 70.4 cm³/mol. The monoisotopic (exact) mass is 245 g/mol. The third kappa shape index (κ3) is 1.98. The van der Waals surface area contributed by atoms with Gasteiger partial charge in [-0.05, 0) is 49.7 Å². The first-order valence-electron chi connectivity index (χ1n) is 6.74. The fourth-order valence-corrected chi connectivity index (χ4v) is 3.49. The molecule has 0 radical (unpaired) electrons. The van der Waals surface area contributed by atoms with Gasteiger partial charge in [0.25, 0.3) is 0 Å². The van der Waals surface area contributed by atoms with E-state index in [4.69, 9.17) is 0 Å². The third-order valence-electron chi connectivity index (χ3n) is 4.55. The summed E-state index contributed by atoms with van der Waals surface area (Å²) in [5.41, 5.74) is 1.53. The number of amides is 1. The Hall–Kier alpha value is -1.51. The van der Waals surface area contributed by atoms with E-state index in [1.807, 2.05) is 19.1 Å². The van der Waals surface area contributed by atoms with Gasteiger partial charge in [0.2, 0.25) is 5.91 Å². The standard InChI is InChI=1S/C15H19NO2/c1-9-2-5-12(8-14(9)17)16-15(18)13-7-10-3-4-11(13)6-10/h2,5,8,10-11,13,17H,3-4,6-7H2,1H3,(H,16,18). The van der Waals surface area contributed by atoms with Crippen molar-refractivity contribution in [3.05, 3.63) is 23.8 Å². The summed E-state index contributed by atoms with van der Waals surface area (Å²) in [5.74, 6) is 1.92. The molecule has 0 heterocycles. The number of phenolic OH excluding ortho intramolecular Hbond substituents is 1. The predicted octanol–water partition coefficient (Wildman–Crippen LogP) is 3.08. The molecule has 2 N–H and O–H groups in total. The molecule has 96 valence electrons. The molecule has 3 rings (SSSR count). The lowest BCUT2D eigenvalue weighted by Crippen LogP contribution is -2.27. The van der Waals surface area contributed by atoms with Crippen LogP contribution in [0.15, 0.2) is 18.2 Å². The first-order chi connectivity index (χ1) is 8.63. The van der Waals surface area contributed by atoms with E-state index in [9.17, 15) is 9.90 Å². The molecule has 2 aliphatic rings. The molecule has 3 nitrogen and oxygen atoms in total. The molecule has 0 aromatic heterocycles. The zero-order valence-corrected chi connectivity index (χ0v) is 10.6. The van der Waals surface area contributed by atoms with Gasteiger partial charge < -0.3 is 10.4 Å². The van der Waals surface area contributed by atoms with E-state index in [-0.39, 0.29) is 17.6 Å². The Morgan fingerprint density at radius 2 is 2.17 bits per heavy atom. The van der Waals surface area contributed by atoms with Crippen LogP contribution in [0, 0.1) is 24.7 Å². The number of fused-ring (bicyclic) bond motifs is 2. The van der Waals surface area contributed by atoms with E-state index in [2.05, 4.69) is 5.32 Å². The lowest BCUT2D eigenvalue weighted by atomic mass is 9.88. The van der Waals surface area contributed by atoms with Gasteiger partial charge in [0.1, 0.15) is 5.75 Å². The molecule has 3 heteroatoms. The van der Waals surface area contributed by atoms with Gasteiger partial charge in [0.15, 0.2) is 0 Å². The van der Waals surface area contributed by atoms with E-state index in [1.54, 1.807) is 6.07 Å². The van der Waals surface area contributed by atoms with E-state index in [0.717, 1.165) is 17.9 Å². The van der Waals surface area contributed by atoms with E-state index in [1.165, 1.54) is 19.3 Å². The summed E-state index contributed by atoms with van der Waals surface area (Å²) < 4.78 is 0. The van der Waals surface area contributed by atoms with Gasteiger partial charge in [-0.15, -0.1) is 0 Å². The second kappa shape index (κ2) is 4.30. The largest absolute Gasteiger partial charge is 0.508 e. The Kier molecular flexibility index (Phi) is 2.77. The number of nitrogens with one attached hydrogen (secondary N) is 1. The van der Waals surface area contributed by atoms with Crippen LogP contribution in [0.1, 0.15) is 31.2 Å². The Bertz CT molecular complexity index is 483. The highest BCUT2D eigenvalue weighted by atomic mass is 16.3. The van der Waals surface area contributed by atoms with Crippen LogP contribution in [-0.4, -0.2) is 11.0 Å². The number of aromatic hydroxyl groups is 1. The number of rotatable bonds is 2. The summed E-state index contributed by atoms with van der Waals surface area (Å²) in [6.45, 7) is 1.84. The molecule has 1 amide bonds. The van der Waals surface area contributed by atoms with Gasteiger partial charge in [0, 0.05) is 17.7 Å². The quantitative estimate of drug-likeness (QED) is 0.841. The Morgan fingerprint density at radius 1 is 1.33 bits per heavy atom. The molecular weight excluding hydrogens is 226 g/mol. The van der Waals surface area contributed by atoms with Gasteiger partial charge >= 0.3 is 0 Å². The Balaban J connectivity index is 1.69. The summed E-state index contributed by atoms with van der Waals surface area (Å²) >= 11 is 0. The molecule has 18 heavy (non-hydrogen) atoms. The number of carbonyl (C=O) groups is 1. The van der Waals surface area contributed by atoms with Crippen LogP contribution < -0.4 is 5.32 Å². The second-order valence-corrected chi connectivity index (χ2v) is 5.77. The number of hydrogen-bond acceptors (Lipinski definition) is 2. The zero-order chi connectivity index (χ0) is 12.7. The Morgan fingerprint density at radius 3 is 2.78 bits per heavy atom. The highest BCUT2D eigenvalue weighted by Crippen LogP contribution is 2.48. The molecule has 0 saturated heterocycles. The van der Waals surface area contributed by atoms with Crippen molar-refractivity contribution in [3.63, 3.8) is 0 Å². The van der Waals surface area contributed by atoms with Crippen LogP contribution in [0.2, 0.25) is 0 Å². The number of hydrogen-bond donors (Lipinski definition) is 2. The number of anilines is 1. The summed E-state index contributed by atoms with van der Waals surface area (Å²) in [7, 11) is 0. The van der Waals surface area contributed by atoms with Crippen molar-refractivity contribution in [2.75, 3.05) is 5.32 Å². The van der Waals surface area contributed by atoms with Crippen molar-refractivity contribution in [3.8, 4) is 5.75 Å². The molecule has 1 aromatic carbocycles. The molecule has 3 atom stereocenters. The Labute approximate surface area is 107 Å². The first kappa shape index (κ1) is 11.6. The minimum Gasteiger partial charge on any atom is -0.508 e. The van der Waals surface area contributed by atoms with Crippen molar-refractivity contribution in [2.45, 2.75) is 32.6 Å². The van der Waals surface area contributed by atoms with Crippen LogP contribution in [0.4, 0.5) is 5.69 Å². The molecule has 2 aliphatic carbocycles. The van der Waals surface area contributed by atoms with Crippen molar-refractivity contribution < 1.29 is 9.90 Å². The highest BCUT2D eigenvalue weighted by Gasteiger charge is 2.42. The first-order valence-corrected chi connectivity index (χ1v) is 6.74. The SMILES string of the molecule is Cc1ccc(NC(=O)C2CC3CCC2C3)cc1O. The lowest BCUT2D eigenvalue weighted by molar-refractivity contribution is -0.121. The van der Waals surface area contributed by atoms with Crippen molar-refractivity contribution >= 4 is 11.6 Å². The van der Waals surface area contributed by atoms with E-state index < -0.39 is 0 Å². The maximum Gasteiger partial charge on any atom is 0.227 e. The summed E-state index contributed by atoms with van der Waals surface area (Å²) in [6.07, 6.45) is 4.80. The van der Waals surface area contributed by atoms with Crippen molar-refractivity contribution in [1.29, 1.82) is 0 Å². The molecule has 2 bridgehead atoms. The minimum atomic E-state index is 0.130. The summed E-state index contributed by atoms with van der Waals surface area (Å²) in [5, 5.41) is 12.6. The van der Waals surface area contributed by atoms with Crippen LogP contribution in [0.25, 0.3) is 0 Å². The second-order valence-electron chi connectivity index (χ2n) is 5.77. The average Bonchev–Trinajstić information content (AvgIpc) is 2.96. The van der Waals surface area contributed by atoms with Gasteiger partial charge in [-0.1, -0.05) is 12.5 Å². The average molecular weight is 245 g/mol. The van der Waals surface area contributed by atoms with Crippen LogP contribution >= 0.6 is 0 Å². The van der Waals surface area contributed by atoms with E-state index >= 15 is 0 Å². The highest BCUT2D eigenvalue weighted by molar-refractivity contribution is 5.93. The zero-order valence-electron chi connectivity index (χ0n) is 10.6. The lowest BCUT2D eigenvalue weighted by Gasteiger charge is -2.20. The van der Waals surface area contributed by atoms with Crippen LogP contribution in [0.5, 0.6) is 5.75 Å². The smallest absolute Gasteiger partial charge is 0.227 e. The van der Waals surface area contributed by atoms with Gasteiger partial charge in [-0.3, -0.25) is 4.79 Å². The molecule has 0 spiro atoms. The molecule has 1 aromatic rings. The van der Waals surface area contributed by atoms with Crippen LogP contribution in [-0.2, 0) is 4.79 Å². The fraction of sp³-hybridized carbons (Fsp3) is 0.533. The van der Waals surface area contributed by atoms with Gasteiger partial charge in [-0.2, -0.15) is 0 Å².